The molecule has 0 aromatic carbocycles. The summed E-state index contributed by atoms with van der Waals surface area (Å²) in [7, 11) is 0. The molecule has 0 amide bonds. The Hall–Kier alpha value is -2.80. The molecule has 380 valence electrons. The number of hydrogen-bond acceptors (Lipinski definition) is 15. The molecule has 11 atom stereocenters. The lowest BCUT2D eigenvalue weighted by Gasteiger charge is -2.42. The summed E-state index contributed by atoms with van der Waals surface area (Å²) in [6.45, 7) is 2.37. The average Bonchev–Trinajstić information content (AvgIpc) is 3.31. The number of allylic oxidation sites excluding steroid dienone is 10. The number of ether oxygens (including phenoxy) is 6. The van der Waals surface area contributed by atoms with E-state index in [-0.39, 0.29) is 19.4 Å². The molecule has 2 aliphatic heterocycles. The van der Waals surface area contributed by atoms with Gasteiger partial charge in [-0.2, -0.15) is 0 Å². The van der Waals surface area contributed by atoms with Crippen LogP contribution in [0.3, 0.4) is 0 Å². The van der Waals surface area contributed by atoms with Crippen LogP contribution >= 0.6 is 0 Å². The molecule has 0 radical (unpaired) electrons. The van der Waals surface area contributed by atoms with Crippen LogP contribution in [0.15, 0.2) is 60.8 Å². The number of hydrogen-bond donors (Lipinski definition) is 7. The minimum atomic E-state index is -1.78. The third kappa shape index (κ3) is 26.1. The molecule has 2 aliphatic rings. The van der Waals surface area contributed by atoms with Crippen molar-refractivity contribution in [3.05, 3.63) is 60.8 Å². The van der Waals surface area contributed by atoms with Crippen LogP contribution in [-0.2, 0) is 38.0 Å². The summed E-state index contributed by atoms with van der Waals surface area (Å²) in [6.07, 6.45) is 25.5. The minimum Gasteiger partial charge on any atom is -0.462 e. The van der Waals surface area contributed by atoms with E-state index >= 15 is 0 Å². The smallest absolute Gasteiger partial charge is 0.306 e. The highest BCUT2D eigenvalue weighted by atomic mass is 16.7. The van der Waals surface area contributed by atoms with Crippen molar-refractivity contribution in [2.75, 3.05) is 26.4 Å². The van der Waals surface area contributed by atoms with Gasteiger partial charge in [0.25, 0.3) is 0 Å². The molecule has 0 aliphatic carbocycles. The molecule has 0 aromatic heterocycles. The zero-order valence-corrected chi connectivity index (χ0v) is 39.9. The molecule has 0 aromatic rings. The zero-order valence-electron chi connectivity index (χ0n) is 39.9. The molecule has 66 heavy (non-hydrogen) atoms. The largest absolute Gasteiger partial charge is 0.462 e. The SMILES string of the molecule is CC/C=C/C=C/C=C/C=C/CCCCCCCC(=O)O[C@H](COC(=O)CC/C=C/CCCCCCCCCCCCC)CO[C@@H]1O[C@H](CO[C@@H]2O[C@H](CO)[C@H](O)C(O)C2O)[C@H](O)C(O)C1O. The van der Waals surface area contributed by atoms with E-state index in [9.17, 15) is 45.3 Å². The Bertz CT molecular complexity index is 1380. The Labute approximate surface area is 394 Å². The fourth-order valence-corrected chi connectivity index (χ4v) is 7.48. The number of carbonyl (C=O) groups is 2. The van der Waals surface area contributed by atoms with Gasteiger partial charge in [0.2, 0.25) is 0 Å². The summed E-state index contributed by atoms with van der Waals surface area (Å²) in [4.78, 5) is 25.7. The Morgan fingerprint density at radius 3 is 1.61 bits per heavy atom. The normalized spacial score (nSPS) is 26.7. The summed E-state index contributed by atoms with van der Waals surface area (Å²) in [6, 6.07) is 0. The molecule has 7 N–H and O–H groups in total. The second-order valence-corrected chi connectivity index (χ2v) is 17.3. The van der Waals surface area contributed by atoms with Crippen LogP contribution in [0.1, 0.15) is 155 Å². The van der Waals surface area contributed by atoms with Gasteiger partial charge in [-0.15, -0.1) is 0 Å². The predicted molar refractivity (Wildman–Crippen MR) is 252 cm³/mol. The van der Waals surface area contributed by atoms with E-state index in [1.807, 2.05) is 42.5 Å². The average molecular weight is 939 g/mol. The van der Waals surface area contributed by atoms with Crippen molar-refractivity contribution in [3.63, 3.8) is 0 Å². The molecular formula is C51H86O15. The van der Waals surface area contributed by atoms with Crippen molar-refractivity contribution in [1.29, 1.82) is 0 Å². The first-order chi connectivity index (χ1) is 32.0. The van der Waals surface area contributed by atoms with Crippen LogP contribution in [-0.4, -0.2) is 142 Å². The third-order valence-corrected chi connectivity index (χ3v) is 11.6. The predicted octanol–water partition coefficient (Wildman–Crippen LogP) is 6.49. The van der Waals surface area contributed by atoms with Crippen molar-refractivity contribution in [2.24, 2.45) is 0 Å². The van der Waals surface area contributed by atoms with E-state index in [0.29, 0.717) is 12.8 Å². The molecule has 15 heteroatoms. The van der Waals surface area contributed by atoms with Crippen molar-refractivity contribution in [2.45, 2.75) is 223 Å². The first kappa shape index (κ1) is 59.3. The molecule has 2 fully saturated rings. The fraction of sp³-hybridized carbons (Fsp3) is 0.765. The van der Waals surface area contributed by atoms with Gasteiger partial charge >= 0.3 is 11.9 Å². The Balaban J connectivity index is 1.85. The quantitative estimate of drug-likeness (QED) is 0.0153. The molecule has 2 saturated heterocycles. The van der Waals surface area contributed by atoms with E-state index in [1.54, 1.807) is 0 Å². The van der Waals surface area contributed by atoms with Crippen LogP contribution in [0.2, 0.25) is 0 Å². The van der Waals surface area contributed by atoms with Crippen molar-refractivity contribution in [3.8, 4) is 0 Å². The van der Waals surface area contributed by atoms with Gasteiger partial charge in [0.1, 0.15) is 55.4 Å². The molecule has 2 rings (SSSR count). The number of aliphatic hydroxyl groups is 7. The minimum absolute atomic E-state index is 0.127. The Kier molecular flexibility index (Phi) is 34.2. The lowest BCUT2D eigenvalue weighted by Crippen LogP contribution is -2.61. The first-order valence-corrected chi connectivity index (χ1v) is 24.9. The van der Waals surface area contributed by atoms with Gasteiger partial charge in [-0.3, -0.25) is 9.59 Å². The van der Waals surface area contributed by atoms with Crippen LogP contribution in [0.5, 0.6) is 0 Å². The number of carbonyl (C=O) groups excluding carboxylic acids is 2. The van der Waals surface area contributed by atoms with E-state index < -0.39 is 99.3 Å². The van der Waals surface area contributed by atoms with E-state index in [0.717, 1.165) is 51.4 Å². The van der Waals surface area contributed by atoms with Gasteiger partial charge in [0.05, 0.1) is 19.8 Å². The van der Waals surface area contributed by atoms with Crippen molar-refractivity contribution < 1.29 is 73.8 Å². The maximum absolute atomic E-state index is 13.0. The first-order valence-electron chi connectivity index (χ1n) is 24.9. The highest BCUT2D eigenvalue weighted by Gasteiger charge is 2.47. The molecular weight excluding hydrogens is 853 g/mol. The van der Waals surface area contributed by atoms with Gasteiger partial charge in [0, 0.05) is 12.8 Å². The summed E-state index contributed by atoms with van der Waals surface area (Å²) < 4.78 is 33.5. The van der Waals surface area contributed by atoms with Crippen molar-refractivity contribution in [1.82, 2.24) is 0 Å². The number of aliphatic hydroxyl groups excluding tert-OH is 7. The topological polar surface area (TPSA) is 231 Å². The second-order valence-electron chi connectivity index (χ2n) is 17.3. The summed E-state index contributed by atoms with van der Waals surface area (Å²) in [5.74, 6) is -1.01. The molecule has 15 nitrogen and oxygen atoms in total. The summed E-state index contributed by atoms with van der Waals surface area (Å²) in [5, 5.41) is 72.0. The molecule has 0 saturated carbocycles. The van der Waals surface area contributed by atoms with Gasteiger partial charge in [-0.25, -0.2) is 0 Å². The van der Waals surface area contributed by atoms with Crippen LogP contribution in [0, 0.1) is 0 Å². The lowest BCUT2D eigenvalue weighted by atomic mass is 9.98. The molecule has 4 unspecified atom stereocenters. The van der Waals surface area contributed by atoms with Crippen LogP contribution in [0.4, 0.5) is 0 Å². The maximum Gasteiger partial charge on any atom is 0.306 e. The number of esters is 2. The van der Waals surface area contributed by atoms with Gasteiger partial charge in [-0.1, -0.05) is 158 Å². The highest BCUT2D eigenvalue weighted by molar-refractivity contribution is 5.70. The lowest BCUT2D eigenvalue weighted by molar-refractivity contribution is -0.332. The summed E-state index contributed by atoms with van der Waals surface area (Å²) in [5.41, 5.74) is 0. The van der Waals surface area contributed by atoms with Crippen LogP contribution in [0.25, 0.3) is 0 Å². The molecule has 0 spiro atoms. The zero-order chi connectivity index (χ0) is 48.2. The Morgan fingerprint density at radius 1 is 0.500 bits per heavy atom. The summed E-state index contributed by atoms with van der Waals surface area (Å²) >= 11 is 0. The molecule has 2 heterocycles. The number of unbranched alkanes of at least 4 members (excludes halogenated alkanes) is 16. The standard InChI is InChI=1S/C51H86O15/c1-3-5-7-9-11-13-15-17-19-21-23-25-27-29-31-33-42(53)61-36-39(64-43(54)34-32-30-28-26-24-22-20-18-16-14-12-10-8-6-4-2)37-62-50-49(60)47(58)45(56)41(66-50)38-63-51-48(59)46(57)44(55)40(35-52)65-51/h6,8,10,12,14,16,18,20,27,29,39-41,44-52,55-60H,3-5,7,9,11,13,15,17,19,21-26,28,30-38H2,1-2H3/b8-6+,12-10+,16-14+,20-18+,29-27+/t39-,40-,41-,44+,45+,46?,47?,48?,49?,50-,51-/m1/s1. The highest BCUT2D eigenvalue weighted by Crippen LogP contribution is 2.26. The Morgan fingerprint density at radius 2 is 1.00 bits per heavy atom. The number of rotatable bonds is 37. The van der Waals surface area contributed by atoms with Gasteiger partial charge in [-0.05, 0) is 44.9 Å². The monoisotopic (exact) mass is 939 g/mol. The fourth-order valence-electron chi connectivity index (χ4n) is 7.48. The second kappa shape index (κ2) is 38.1. The van der Waals surface area contributed by atoms with Crippen LogP contribution < -0.4 is 0 Å². The van der Waals surface area contributed by atoms with Gasteiger partial charge in [0.15, 0.2) is 18.7 Å². The van der Waals surface area contributed by atoms with E-state index in [1.165, 1.54) is 64.2 Å². The maximum atomic E-state index is 13.0. The van der Waals surface area contributed by atoms with Gasteiger partial charge < -0.3 is 64.2 Å². The van der Waals surface area contributed by atoms with E-state index in [4.69, 9.17) is 28.4 Å². The van der Waals surface area contributed by atoms with E-state index in [2.05, 4.69) is 32.1 Å². The third-order valence-electron chi connectivity index (χ3n) is 11.6. The molecule has 0 bridgehead atoms. The van der Waals surface area contributed by atoms with Crippen molar-refractivity contribution >= 4 is 11.9 Å².